The lowest BCUT2D eigenvalue weighted by molar-refractivity contribution is 0.182. The van der Waals surface area contributed by atoms with Gasteiger partial charge in [0.25, 0.3) is 0 Å². The van der Waals surface area contributed by atoms with Crippen molar-refractivity contribution in [1.29, 1.82) is 0 Å². The third-order valence-corrected chi connectivity index (χ3v) is 5.26. The molecule has 2 rings (SSSR count). The molecule has 96 valence electrons. The molecule has 0 aliphatic carbocycles. The first-order valence-electron chi connectivity index (χ1n) is 5.58. The number of rotatable bonds is 5. The number of hydrogen-bond donors (Lipinski definition) is 1. The van der Waals surface area contributed by atoms with Gasteiger partial charge in [0.1, 0.15) is 0 Å². The number of thioether (sulfide) groups is 2. The van der Waals surface area contributed by atoms with Crippen molar-refractivity contribution < 1.29 is 9.26 Å². The van der Waals surface area contributed by atoms with Crippen molar-refractivity contribution in [2.45, 2.75) is 17.7 Å². The molecular formula is C10H17N3O2S2. The summed E-state index contributed by atoms with van der Waals surface area (Å²) in [7, 11) is 1.65. The van der Waals surface area contributed by atoms with Crippen LogP contribution in [0.3, 0.4) is 0 Å². The maximum absolute atomic E-state index is 5.94. The number of nitrogens with two attached hydrogens (primary N) is 1. The molecule has 1 aliphatic heterocycles. The average Bonchev–Trinajstić information content (AvgIpc) is 2.86. The molecule has 0 amide bonds. The molecule has 5 nitrogen and oxygen atoms in total. The van der Waals surface area contributed by atoms with Gasteiger partial charge in [0.15, 0.2) is 5.82 Å². The highest BCUT2D eigenvalue weighted by atomic mass is 32.2. The molecule has 1 aromatic heterocycles. The van der Waals surface area contributed by atoms with Crippen LogP contribution >= 0.6 is 23.5 Å². The van der Waals surface area contributed by atoms with Gasteiger partial charge in [-0.3, -0.25) is 0 Å². The second kappa shape index (κ2) is 6.63. The number of aromatic nitrogens is 2. The van der Waals surface area contributed by atoms with Crippen molar-refractivity contribution in [3.63, 3.8) is 0 Å². The van der Waals surface area contributed by atoms with Crippen LogP contribution in [0.2, 0.25) is 0 Å². The lowest BCUT2D eigenvalue weighted by Crippen LogP contribution is -2.13. The van der Waals surface area contributed by atoms with Gasteiger partial charge in [0.2, 0.25) is 5.89 Å². The predicted octanol–water partition coefficient (Wildman–Crippen LogP) is 1.63. The van der Waals surface area contributed by atoms with Gasteiger partial charge in [0, 0.05) is 31.0 Å². The van der Waals surface area contributed by atoms with Crippen molar-refractivity contribution in [2.75, 3.05) is 31.0 Å². The lowest BCUT2D eigenvalue weighted by atomic mass is 10.2. The van der Waals surface area contributed by atoms with Gasteiger partial charge in [-0.15, -0.1) is 11.8 Å². The van der Waals surface area contributed by atoms with Gasteiger partial charge in [-0.1, -0.05) is 5.16 Å². The Morgan fingerprint density at radius 1 is 1.59 bits per heavy atom. The number of ether oxygens (including phenoxy) is 1. The smallest absolute Gasteiger partial charge is 0.243 e. The van der Waals surface area contributed by atoms with E-state index < -0.39 is 0 Å². The molecule has 17 heavy (non-hydrogen) atoms. The molecule has 7 heteroatoms. The fourth-order valence-corrected chi connectivity index (χ4v) is 4.12. The van der Waals surface area contributed by atoms with Crippen LogP contribution in [0.5, 0.6) is 0 Å². The molecule has 0 radical (unpaired) electrons. The first-order chi connectivity index (χ1) is 8.31. The molecule has 1 aliphatic rings. The van der Waals surface area contributed by atoms with Crippen LogP contribution < -0.4 is 5.73 Å². The van der Waals surface area contributed by atoms with Gasteiger partial charge < -0.3 is 15.0 Å². The highest BCUT2D eigenvalue weighted by Crippen LogP contribution is 2.35. The van der Waals surface area contributed by atoms with Crippen LogP contribution in [-0.2, 0) is 4.74 Å². The maximum atomic E-state index is 5.94. The maximum Gasteiger partial charge on any atom is 0.243 e. The molecular weight excluding hydrogens is 258 g/mol. The molecule has 0 aromatic carbocycles. The standard InChI is InChI=1S/C10H17N3O2S2/c1-14-3-2-7(11)10-12-9(13-15-10)8-6-16-4-5-17-8/h7-8H,2-6,11H2,1H3. The highest BCUT2D eigenvalue weighted by Gasteiger charge is 2.23. The summed E-state index contributed by atoms with van der Waals surface area (Å²) in [5, 5.41) is 4.38. The molecule has 2 atom stereocenters. The molecule has 0 saturated carbocycles. The SMILES string of the molecule is COCCC(N)c1nc(C2CSCCS2)no1. The van der Waals surface area contributed by atoms with Gasteiger partial charge in [-0.05, 0) is 6.42 Å². The third-order valence-electron chi connectivity index (χ3n) is 2.51. The summed E-state index contributed by atoms with van der Waals surface area (Å²) in [5.74, 6) is 4.71. The van der Waals surface area contributed by atoms with E-state index in [0.717, 1.165) is 17.3 Å². The molecule has 2 heterocycles. The third kappa shape index (κ3) is 3.61. The molecule has 0 bridgehead atoms. The summed E-state index contributed by atoms with van der Waals surface area (Å²) in [5.41, 5.74) is 5.94. The van der Waals surface area contributed by atoms with Gasteiger partial charge in [-0.25, -0.2) is 0 Å². The van der Waals surface area contributed by atoms with Crippen molar-refractivity contribution in [2.24, 2.45) is 5.73 Å². The van der Waals surface area contributed by atoms with E-state index in [4.69, 9.17) is 15.0 Å². The Labute approximate surface area is 109 Å². The first-order valence-corrected chi connectivity index (χ1v) is 7.79. The van der Waals surface area contributed by atoms with Crippen LogP contribution in [0.1, 0.15) is 29.4 Å². The number of hydrogen-bond acceptors (Lipinski definition) is 7. The van der Waals surface area contributed by atoms with Crippen LogP contribution in [0.4, 0.5) is 0 Å². The summed E-state index contributed by atoms with van der Waals surface area (Å²) in [6.07, 6.45) is 0.699. The van der Waals surface area contributed by atoms with E-state index in [0.29, 0.717) is 24.2 Å². The predicted molar refractivity (Wildman–Crippen MR) is 70.2 cm³/mol. The lowest BCUT2D eigenvalue weighted by Gasteiger charge is -2.17. The van der Waals surface area contributed by atoms with E-state index in [1.54, 1.807) is 7.11 Å². The van der Waals surface area contributed by atoms with Gasteiger partial charge in [0.05, 0.1) is 11.3 Å². The summed E-state index contributed by atoms with van der Waals surface area (Å²) in [4.78, 5) is 4.39. The summed E-state index contributed by atoms with van der Waals surface area (Å²) < 4.78 is 10.2. The fraction of sp³-hybridized carbons (Fsp3) is 0.800. The molecule has 1 fully saturated rings. The van der Waals surface area contributed by atoms with E-state index in [9.17, 15) is 0 Å². The fourth-order valence-electron chi connectivity index (χ4n) is 1.53. The Morgan fingerprint density at radius 2 is 2.47 bits per heavy atom. The number of nitrogens with zero attached hydrogens (tertiary/aromatic N) is 2. The van der Waals surface area contributed by atoms with E-state index >= 15 is 0 Å². The second-order valence-electron chi connectivity index (χ2n) is 3.81. The summed E-state index contributed by atoms with van der Waals surface area (Å²) >= 11 is 3.82. The largest absolute Gasteiger partial charge is 0.385 e. The zero-order chi connectivity index (χ0) is 12.1. The molecule has 2 N–H and O–H groups in total. The van der Waals surface area contributed by atoms with Gasteiger partial charge in [-0.2, -0.15) is 16.7 Å². The van der Waals surface area contributed by atoms with E-state index in [-0.39, 0.29) is 6.04 Å². The quantitative estimate of drug-likeness (QED) is 0.875. The summed E-state index contributed by atoms with van der Waals surface area (Å²) in [6.45, 7) is 0.604. The van der Waals surface area contributed by atoms with Crippen LogP contribution in [0, 0.1) is 0 Å². The van der Waals surface area contributed by atoms with Crippen LogP contribution in [0.15, 0.2) is 4.52 Å². The Kier molecular flexibility index (Phi) is 5.15. The Bertz CT molecular complexity index is 342. The highest BCUT2D eigenvalue weighted by molar-refractivity contribution is 8.06. The van der Waals surface area contributed by atoms with E-state index in [1.165, 1.54) is 5.75 Å². The molecule has 1 saturated heterocycles. The zero-order valence-electron chi connectivity index (χ0n) is 9.80. The van der Waals surface area contributed by atoms with Crippen molar-refractivity contribution in [3.05, 3.63) is 11.7 Å². The minimum Gasteiger partial charge on any atom is -0.385 e. The Hall–Kier alpha value is -0.240. The van der Waals surface area contributed by atoms with E-state index in [1.807, 2.05) is 23.5 Å². The average molecular weight is 275 g/mol. The van der Waals surface area contributed by atoms with Crippen molar-refractivity contribution >= 4 is 23.5 Å². The monoisotopic (exact) mass is 275 g/mol. The second-order valence-corrected chi connectivity index (χ2v) is 6.27. The molecule has 1 aromatic rings. The van der Waals surface area contributed by atoms with Crippen molar-refractivity contribution in [1.82, 2.24) is 10.1 Å². The van der Waals surface area contributed by atoms with Gasteiger partial charge >= 0.3 is 0 Å². The van der Waals surface area contributed by atoms with Crippen LogP contribution in [0.25, 0.3) is 0 Å². The Morgan fingerprint density at radius 3 is 3.18 bits per heavy atom. The topological polar surface area (TPSA) is 74.2 Å². The van der Waals surface area contributed by atoms with E-state index in [2.05, 4.69) is 10.1 Å². The minimum atomic E-state index is -0.225. The first kappa shape index (κ1) is 13.2. The minimum absolute atomic E-state index is 0.225. The molecule has 2 unspecified atom stereocenters. The normalized spacial score (nSPS) is 22.6. The van der Waals surface area contributed by atoms with Crippen LogP contribution in [-0.4, -0.2) is 41.1 Å². The zero-order valence-corrected chi connectivity index (χ0v) is 11.4. The Balaban J connectivity index is 1.94. The van der Waals surface area contributed by atoms with Crippen molar-refractivity contribution in [3.8, 4) is 0 Å². The molecule has 0 spiro atoms. The summed E-state index contributed by atoms with van der Waals surface area (Å²) in [6, 6.07) is -0.225. The number of methoxy groups -OCH3 is 1.